The van der Waals surface area contributed by atoms with Crippen LogP contribution in [0.1, 0.15) is 12.6 Å². The third kappa shape index (κ3) is 2.40. The van der Waals surface area contributed by atoms with Gasteiger partial charge in [-0.15, -0.1) is 0 Å². The molecule has 3 rings (SSSR count). The predicted molar refractivity (Wildman–Crippen MR) is 83.7 cm³/mol. The molecule has 0 aliphatic heterocycles. The smallest absolute Gasteiger partial charge is 0.256 e. The fourth-order valence-corrected chi connectivity index (χ4v) is 2.48. The summed E-state index contributed by atoms with van der Waals surface area (Å²) in [6.45, 7) is 2.02. The number of nitrogens with zero attached hydrogens (tertiary/aromatic N) is 1. The van der Waals surface area contributed by atoms with Crippen molar-refractivity contribution in [2.45, 2.75) is 13.3 Å². The number of hydrogen-bond donors (Lipinski definition) is 1. The molecule has 1 N–H and O–H groups in total. The molecule has 0 fully saturated rings. The zero-order valence-corrected chi connectivity index (χ0v) is 12.0. The zero-order valence-electron chi connectivity index (χ0n) is 12.0. The van der Waals surface area contributed by atoms with E-state index < -0.39 is 0 Å². The minimum absolute atomic E-state index is 0.0669. The van der Waals surface area contributed by atoms with Gasteiger partial charge in [-0.05, 0) is 29.5 Å². The lowest BCUT2D eigenvalue weighted by Crippen LogP contribution is -2.09. The quantitative estimate of drug-likeness (QED) is 0.801. The van der Waals surface area contributed by atoms with Crippen LogP contribution in [0.3, 0.4) is 0 Å². The van der Waals surface area contributed by atoms with Crippen LogP contribution in [0.2, 0.25) is 0 Å². The van der Waals surface area contributed by atoms with Gasteiger partial charge in [0.1, 0.15) is 5.75 Å². The molecule has 0 saturated heterocycles. The Kier molecular flexibility index (Phi) is 3.44. The van der Waals surface area contributed by atoms with Crippen LogP contribution in [-0.4, -0.2) is 17.1 Å². The van der Waals surface area contributed by atoms with E-state index in [1.54, 1.807) is 19.5 Å². The van der Waals surface area contributed by atoms with Gasteiger partial charge in [0, 0.05) is 17.5 Å². The van der Waals surface area contributed by atoms with Crippen molar-refractivity contribution in [2.24, 2.45) is 0 Å². The van der Waals surface area contributed by atoms with Crippen molar-refractivity contribution in [1.29, 1.82) is 0 Å². The van der Waals surface area contributed by atoms with E-state index in [0.717, 1.165) is 28.6 Å². The fourth-order valence-electron chi connectivity index (χ4n) is 2.48. The number of rotatable bonds is 3. The SMILES string of the molecule is CCc1cc2cccc(-c3cncc(OC)c3)c2c(=O)[nH]1. The number of aromatic nitrogens is 2. The predicted octanol–water partition coefficient (Wildman–Crippen LogP) is 3.16. The molecule has 0 amide bonds. The summed E-state index contributed by atoms with van der Waals surface area (Å²) in [5.74, 6) is 0.672. The number of fused-ring (bicyclic) bond motifs is 1. The highest BCUT2D eigenvalue weighted by Crippen LogP contribution is 2.28. The van der Waals surface area contributed by atoms with Crippen molar-refractivity contribution in [3.8, 4) is 16.9 Å². The monoisotopic (exact) mass is 280 g/mol. The van der Waals surface area contributed by atoms with Gasteiger partial charge in [0.05, 0.1) is 18.7 Å². The van der Waals surface area contributed by atoms with Gasteiger partial charge in [-0.1, -0.05) is 25.1 Å². The van der Waals surface area contributed by atoms with E-state index in [1.807, 2.05) is 37.3 Å². The number of aromatic amines is 1. The van der Waals surface area contributed by atoms with Crippen LogP contribution in [0, 0.1) is 0 Å². The zero-order chi connectivity index (χ0) is 14.8. The number of benzene rings is 1. The number of methoxy groups -OCH3 is 1. The summed E-state index contributed by atoms with van der Waals surface area (Å²) in [5, 5.41) is 1.63. The highest BCUT2D eigenvalue weighted by Gasteiger charge is 2.09. The molecule has 0 spiro atoms. The summed E-state index contributed by atoms with van der Waals surface area (Å²) in [6, 6.07) is 9.75. The molecule has 0 aliphatic rings. The summed E-state index contributed by atoms with van der Waals surface area (Å²) < 4.78 is 5.21. The number of ether oxygens (including phenoxy) is 1. The first kappa shape index (κ1) is 13.4. The number of pyridine rings is 2. The fraction of sp³-hybridized carbons (Fsp3) is 0.176. The third-order valence-corrected chi connectivity index (χ3v) is 3.57. The standard InChI is InChI=1S/C17H16N2O2/c1-3-13-7-11-5-4-6-15(16(11)17(20)19-13)12-8-14(21-2)10-18-9-12/h4-10H,3H2,1-2H3,(H,19,20). The highest BCUT2D eigenvalue weighted by atomic mass is 16.5. The summed E-state index contributed by atoms with van der Waals surface area (Å²) in [6.07, 6.45) is 4.19. The lowest BCUT2D eigenvalue weighted by Gasteiger charge is -2.08. The molecule has 21 heavy (non-hydrogen) atoms. The normalized spacial score (nSPS) is 10.8. The van der Waals surface area contributed by atoms with E-state index in [0.29, 0.717) is 11.1 Å². The summed E-state index contributed by atoms with van der Waals surface area (Å²) in [4.78, 5) is 19.5. The van der Waals surface area contributed by atoms with E-state index in [4.69, 9.17) is 4.74 Å². The largest absolute Gasteiger partial charge is 0.495 e. The van der Waals surface area contributed by atoms with Gasteiger partial charge in [-0.25, -0.2) is 0 Å². The van der Waals surface area contributed by atoms with Crippen molar-refractivity contribution < 1.29 is 4.74 Å². The Morgan fingerprint density at radius 2 is 2.10 bits per heavy atom. The number of hydrogen-bond acceptors (Lipinski definition) is 3. The Labute approximate surface area is 122 Å². The van der Waals surface area contributed by atoms with Crippen LogP contribution in [0.4, 0.5) is 0 Å². The van der Waals surface area contributed by atoms with Crippen LogP contribution in [0.25, 0.3) is 21.9 Å². The van der Waals surface area contributed by atoms with Crippen LogP contribution in [-0.2, 0) is 6.42 Å². The van der Waals surface area contributed by atoms with Gasteiger partial charge >= 0.3 is 0 Å². The molecule has 0 atom stereocenters. The molecule has 1 aromatic carbocycles. The Balaban J connectivity index is 2.30. The molecule has 3 aromatic rings. The molecule has 4 heteroatoms. The highest BCUT2D eigenvalue weighted by molar-refractivity contribution is 5.96. The van der Waals surface area contributed by atoms with Crippen LogP contribution < -0.4 is 10.3 Å². The summed E-state index contributed by atoms with van der Waals surface area (Å²) >= 11 is 0. The Hall–Kier alpha value is -2.62. The van der Waals surface area contributed by atoms with E-state index >= 15 is 0 Å². The average Bonchev–Trinajstić information content (AvgIpc) is 2.54. The minimum Gasteiger partial charge on any atom is -0.495 e. The minimum atomic E-state index is -0.0669. The van der Waals surface area contributed by atoms with Gasteiger partial charge in [0.2, 0.25) is 0 Å². The molecule has 2 aromatic heterocycles. The number of nitrogens with one attached hydrogen (secondary N) is 1. The van der Waals surface area contributed by atoms with Crippen molar-refractivity contribution in [2.75, 3.05) is 7.11 Å². The van der Waals surface area contributed by atoms with E-state index in [1.165, 1.54) is 0 Å². The van der Waals surface area contributed by atoms with Gasteiger partial charge in [0.15, 0.2) is 0 Å². The van der Waals surface area contributed by atoms with Gasteiger partial charge < -0.3 is 9.72 Å². The maximum Gasteiger partial charge on any atom is 0.256 e. The second kappa shape index (κ2) is 5.40. The van der Waals surface area contributed by atoms with Crippen LogP contribution >= 0.6 is 0 Å². The van der Waals surface area contributed by atoms with Crippen molar-refractivity contribution in [3.63, 3.8) is 0 Å². The molecule has 0 unspecified atom stereocenters. The summed E-state index contributed by atoms with van der Waals surface area (Å²) in [7, 11) is 1.60. The first-order valence-electron chi connectivity index (χ1n) is 6.87. The number of aryl methyl sites for hydroxylation is 1. The van der Waals surface area contributed by atoms with Gasteiger partial charge in [-0.3, -0.25) is 9.78 Å². The first-order chi connectivity index (χ1) is 10.2. The second-order valence-corrected chi connectivity index (χ2v) is 4.86. The van der Waals surface area contributed by atoms with Crippen molar-refractivity contribution >= 4 is 10.8 Å². The maximum atomic E-state index is 12.4. The Morgan fingerprint density at radius 1 is 1.24 bits per heavy atom. The molecule has 0 aliphatic carbocycles. The molecule has 0 radical (unpaired) electrons. The van der Waals surface area contributed by atoms with Gasteiger partial charge in [-0.2, -0.15) is 0 Å². The Morgan fingerprint density at radius 3 is 2.86 bits per heavy atom. The lowest BCUT2D eigenvalue weighted by molar-refractivity contribution is 0.413. The average molecular weight is 280 g/mol. The van der Waals surface area contributed by atoms with Crippen molar-refractivity contribution in [1.82, 2.24) is 9.97 Å². The molecule has 0 bridgehead atoms. The Bertz CT molecular complexity index is 853. The molecular weight excluding hydrogens is 264 g/mol. The second-order valence-electron chi connectivity index (χ2n) is 4.86. The van der Waals surface area contributed by atoms with Gasteiger partial charge in [0.25, 0.3) is 5.56 Å². The lowest BCUT2D eigenvalue weighted by atomic mass is 10.00. The maximum absolute atomic E-state index is 12.4. The third-order valence-electron chi connectivity index (χ3n) is 3.57. The van der Waals surface area contributed by atoms with Crippen LogP contribution in [0.5, 0.6) is 5.75 Å². The summed E-state index contributed by atoms with van der Waals surface area (Å²) in [5.41, 5.74) is 2.61. The molecule has 0 saturated carbocycles. The molecule has 2 heterocycles. The first-order valence-corrected chi connectivity index (χ1v) is 6.87. The molecule has 4 nitrogen and oxygen atoms in total. The van der Waals surface area contributed by atoms with Crippen LogP contribution in [0.15, 0.2) is 47.5 Å². The number of H-pyrrole nitrogens is 1. The van der Waals surface area contributed by atoms with E-state index in [-0.39, 0.29) is 5.56 Å². The molecule has 106 valence electrons. The van der Waals surface area contributed by atoms with Crippen molar-refractivity contribution in [3.05, 3.63) is 58.8 Å². The topological polar surface area (TPSA) is 55.0 Å². The van der Waals surface area contributed by atoms with E-state index in [2.05, 4.69) is 9.97 Å². The van der Waals surface area contributed by atoms with E-state index in [9.17, 15) is 4.79 Å². The molecular formula is C17H16N2O2.